The molecule has 6 atom stereocenters. The Morgan fingerprint density at radius 1 is 1.25 bits per heavy atom. The normalized spacial score (nSPS) is 35.5. The van der Waals surface area contributed by atoms with E-state index in [1.54, 1.807) is 14.0 Å². The largest absolute Gasteiger partial charge is 0.493 e. The number of piperidine rings is 1. The zero-order valence-corrected chi connectivity index (χ0v) is 20.7. The number of carbonyl (C=O) groups is 1. The second-order valence-electron chi connectivity index (χ2n) is 10.6. The van der Waals surface area contributed by atoms with Gasteiger partial charge in [-0.3, -0.25) is 4.79 Å². The molecule has 6 heteroatoms. The van der Waals surface area contributed by atoms with Crippen molar-refractivity contribution in [2.45, 2.75) is 84.0 Å². The van der Waals surface area contributed by atoms with Gasteiger partial charge in [0.1, 0.15) is 0 Å². The van der Waals surface area contributed by atoms with E-state index >= 15 is 0 Å². The SMILES string of the molecule is CCOc1cc([C@@H]2OCC[C@]3(NC(C)=O)[C@H]4C[C@@H](C[C@@H]23)C(C)(C)N[C@@H]4C)c(C)cc1OC. The summed E-state index contributed by atoms with van der Waals surface area (Å²) in [6.45, 7) is 13.9. The van der Waals surface area contributed by atoms with Gasteiger partial charge in [0.15, 0.2) is 11.5 Å². The number of amides is 1. The number of rotatable bonds is 5. The van der Waals surface area contributed by atoms with Crippen LogP contribution in [0.4, 0.5) is 0 Å². The van der Waals surface area contributed by atoms with Crippen molar-refractivity contribution < 1.29 is 19.0 Å². The van der Waals surface area contributed by atoms with Crippen LogP contribution in [0.1, 0.15) is 71.1 Å². The van der Waals surface area contributed by atoms with Crippen molar-refractivity contribution in [1.29, 1.82) is 0 Å². The lowest BCUT2D eigenvalue weighted by molar-refractivity contribution is -0.160. The Labute approximate surface area is 192 Å². The monoisotopic (exact) mass is 444 g/mol. The fourth-order valence-electron chi connectivity index (χ4n) is 6.98. The first-order chi connectivity index (χ1) is 15.1. The zero-order valence-electron chi connectivity index (χ0n) is 20.7. The lowest BCUT2D eigenvalue weighted by Gasteiger charge is -2.63. The molecule has 1 aromatic carbocycles. The average Bonchev–Trinajstić information content (AvgIpc) is 2.72. The molecule has 3 aliphatic rings. The van der Waals surface area contributed by atoms with Crippen molar-refractivity contribution >= 4 is 5.91 Å². The maximum atomic E-state index is 12.5. The van der Waals surface area contributed by atoms with Gasteiger partial charge in [-0.2, -0.15) is 0 Å². The van der Waals surface area contributed by atoms with E-state index in [4.69, 9.17) is 14.2 Å². The third-order valence-electron chi connectivity index (χ3n) is 8.37. The maximum Gasteiger partial charge on any atom is 0.217 e. The highest BCUT2D eigenvalue weighted by atomic mass is 16.5. The molecule has 2 saturated heterocycles. The van der Waals surface area contributed by atoms with Crippen molar-refractivity contribution in [2.75, 3.05) is 20.3 Å². The quantitative estimate of drug-likeness (QED) is 0.714. The highest BCUT2D eigenvalue weighted by molar-refractivity contribution is 5.74. The van der Waals surface area contributed by atoms with E-state index < -0.39 is 0 Å². The summed E-state index contributed by atoms with van der Waals surface area (Å²) in [5.74, 6) is 2.66. The molecule has 2 N–H and O–H groups in total. The van der Waals surface area contributed by atoms with Crippen molar-refractivity contribution in [3.05, 3.63) is 23.3 Å². The van der Waals surface area contributed by atoms with E-state index in [-0.39, 0.29) is 29.0 Å². The van der Waals surface area contributed by atoms with Crippen LogP contribution in [0.2, 0.25) is 0 Å². The number of hydrogen-bond donors (Lipinski definition) is 2. The van der Waals surface area contributed by atoms with Gasteiger partial charge in [-0.25, -0.2) is 0 Å². The lowest BCUT2D eigenvalue weighted by atomic mass is 9.52. The molecular weight excluding hydrogens is 404 g/mol. The minimum atomic E-state index is -0.272. The summed E-state index contributed by atoms with van der Waals surface area (Å²) >= 11 is 0. The number of ether oxygens (including phenoxy) is 3. The average molecular weight is 445 g/mol. The molecule has 6 nitrogen and oxygen atoms in total. The molecule has 1 saturated carbocycles. The molecule has 1 aliphatic carbocycles. The summed E-state index contributed by atoms with van der Waals surface area (Å²) in [6.07, 6.45) is 2.91. The first-order valence-electron chi connectivity index (χ1n) is 12.1. The van der Waals surface area contributed by atoms with Crippen molar-refractivity contribution in [3.8, 4) is 11.5 Å². The van der Waals surface area contributed by atoms with E-state index in [9.17, 15) is 4.79 Å². The van der Waals surface area contributed by atoms with Crippen LogP contribution in [0.3, 0.4) is 0 Å². The second-order valence-corrected chi connectivity index (χ2v) is 10.6. The van der Waals surface area contributed by atoms with Crippen molar-refractivity contribution in [3.63, 3.8) is 0 Å². The molecule has 2 aliphatic heterocycles. The lowest BCUT2D eigenvalue weighted by Crippen LogP contribution is -2.73. The summed E-state index contributed by atoms with van der Waals surface area (Å²) in [7, 11) is 1.68. The summed E-state index contributed by atoms with van der Waals surface area (Å²) in [6, 6.07) is 4.48. The van der Waals surface area contributed by atoms with Gasteiger partial charge in [0.2, 0.25) is 5.91 Å². The Morgan fingerprint density at radius 3 is 2.62 bits per heavy atom. The minimum Gasteiger partial charge on any atom is -0.493 e. The van der Waals surface area contributed by atoms with Gasteiger partial charge >= 0.3 is 0 Å². The smallest absolute Gasteiger partial charge is 0.217 e. The van der Waals surface area contributed by atoms with E-state index in [0.717, 1.165) is 41.9 Å². The summed E-state index contributed by atoms with van der Waals surface area (Å²) in [5, 5.41) is 7.34. The molecule has 32 heavy (non-hydrogen) atoms. The van der Waals surface area contributed by atoms with Gasteiger partial charge in [-0.05, 0) is 89.0 Å². The molecule has 0 aromatic heterocycles. The Morgan fingerprint density at radius 2 is 1.97 bits per heavy atom. The third-order valence-corrected chi connectivity index (χ3v) is 8.37. The first-order valence-corrected chi connectivity index (χ1v) is 12.1. The van der Waals surface area contributed by atoms with Gasteiger partial charge in [-0.15, -0.1) is 0 Å². The molecule has 2 heterocycles. The number of methoxy groups -OCH3 is 1. The summed E-state index contributed by atoms with van der Waals surface area (Å²) in [5.41, 5.74) is 2.07. The molecule has 4 rings (SSSR count). The van der Waals surface area contributed by atoms with Gasteiger partial charge < -0.3 is 24.8 Å². The number of hydrogen-bond acceptors (Lipinski definition) is 5. The Bertz CT molecular complexity index is 870. The number of fused-ring (bicyclic) bond motifs is 4. The van der Waals surface area contributed by atoms with Crippen LogP contribution in [0.15, 0.2) is 12.1 Å². The van der Waals surface area contributed by atoms with Crippen LogP contribution in [0, 0.1) is 24.7 Å². The van der Waals surface area contributed by atoms with Crippen LogP contribution in [-0.4, -0.2) is 43.4 Å². The van der Waals surface area contributed by atoms with Crippen LogP contribution < -0.4 is 20.1 Å². The van der Waals surface area contributed by atoms with Crippen LogP contribution >= 0.6 is 0 Å². The highest BCUT2D eigenvalue weighted by Crippen LogP contribution is 2.57. The van der Waals surface area contributed by atoms with Gasteiger partial charge in [-0.1, -0.05) is 0 Å². The first kappa shape index (κ1) is 23.4. The second kappa shape index (κ2) is 8.53. The van der Waals surface area contributed by atoms with Crippen LogP contribution in [-0.2, 0) is 9.53 Å². The Balaban J connectivity index is 1.81. The molecule has 178 valence electrons. The molecule has 3 fully saturated rings. The topological polar surface area (TPSA) is 68.8 Å². The van der Waals surface area contributed by atoms with Crippen LogP contribution in [0.25, 0.3) is 0 Å². The molecule has 1 aromatic rings. The number of benzene rings is 1. The number of carbonyl (C=O) groups excluding carboxylic acids is 1. The minimum absolute atomic E-state index is 0.0487. The third kappa shape index (κ3) is 3.79. The van der Waals surface area contributed by atoms with Gasteiger partial charge in [0, 0.05) is 31.0 Å². The summed E-state index contributed by atoms with van der Waals surface area (Å²) < 4.78 is 18.0. The number of aryl methyl sites for hydroxylation is 1. The van der Waals surface area contributed by atoms with Gasteiger partial charge in [0.05, 0.1) is 25.4 Å². The van der Waals surface area contributed by atoms with E-state index in [2.05, 4.69) is 50.5 Å². The van der Waals surface area contributed by atoms with Crippen molar-refractivity contribution in [2.24, 2.45) is 17.8 Å². The summed E-state index contributed by atoms with van der Waals surface area (Å²) in [4.78, 5) is 12.5. The van der Waals surface area contributed by atoms with Gasteiger partial charge in [0.25, 0.3) is 0 Å². The molecular formula is C26H40N2O4. The van der Waals surface area contributed by atoms with Crippen LogP contribution in [0.5, 0.6) is 11.5 Å². The van der Waals surface area contributed by atoms with E-state index in [0.29, 0.717) is 31.1 Å². The Kier molecular flexibility index (Phi) is 6.23. The zero-order chi connectivity index (χ0) is 23.3. The van der Waals surface area contributed by atoms with Crippen molar-refractivity contribution in [1.82, 2.24) is 10.6 Å². The molecule has 0 spiro atoms. The standard InChI is InChI=1S/C26H40N2O4/c1-8-31-23-14-19(15(2)11-22(23)30-7)24-21-13-18-12-20(16(3)27-25(18,5)6)26(21,9-10-32-24)28-17(4)29/h11,14,16,18,20-21,24,27H,8-10,12-13H2,1-7H3,(H,28,29)/t16-,18+,20+,21+,24+,26+/m1/s1. The molecule has 2 bridgehead atoms. The predicted molar refractivity (Wildman–Crippen MR) is 125 cm³/mol. The Hall–Kier alpha value is -1.79. The molecule has 1 amide bonds. The number of nitrogens with one attached hydrogen (secondary N) is 2. The fourth-order valence-corrected chi connectivity index (χ4v) is 6.98. The fraction of sp³-hybridized carbons (Fsp3) is 0.731. The molecule has 0 unspecified atom stereocenters. The highest BCUT2D eigenvalue weighted by Gasteiger charge is 2.61. The molecule has 0 radical (unpaired) electrons. The van der Waals surface area contributed by atoms with E-state index in [1.807, 2.05) is 6.92 Å². The maximum absolute atomic E-state index is 12.5. The predicted octanol–water partition coefficient (Wildman–Crippen LogP) is 4.15. The van der Waals surface area contributed by atoms with E-state index in [1.165, 1.54) is 0 Å².